The van der Waals surface area contributed by atoms with Crippen molar-refractivity contribution >= 4 is 17.6 Å². The Kier molecular flexibility index (Phi) is 3.99. The van der Waals surface area contributed by atoms with Gasteiger partial charge in [-0.3, -0.25) is 4.79 Å². The zero-order valence-corrected chi connectivity index (χ0v) is 11.0. The molecule has 0 aliphatic carbocycles. The van der Waals surface area contributed by atoms with E-state index in [4.69, 9.17) is 0 Å². The van der Waals surface area contributed by atoms with E-state index in [0.717, 1.165) is 22.8 Å². The summed E-state index contributed by atoms with van der Waals surface area (Å²) in [6.07, 6.45) is 1.81. The Labute approximate surface area is 109 Å². The third-order valence-electron chi connectivity index (χ3n) is 2.30. The fraction of sp³-hybridized carbons (Fsp3) is 0.250. The fourth-order valence-electron chi connectivity index (χ4n) is 1.43. The molecule has 0 radical (unpaired) electrons. The lowest BCUT2D eigenvalue weighted by molar-refractivity contribution is 0.905. The summed E-state index contributed by atoms with van der Waals surface area (Å²) in [4.78, 5) is 22.5. The molecule has 2 N–H and O–H groups in total. The van der Waals surface area contributed by atoms with Crippen LogP contribution in [-0.2, 0) is 5.75 Å². The number of nitrogens with zero attached hydrogens (tertiary/aromatic N) is 2. The second-order valence-electron chi connectivity index (χ2n) is 3.78. The molecular formula is C12H14N4OS. The zero-order chi connectivity index (χ0) is 13.0. The van der Waals surface area contributed by atoms with E-state index in [0.29, 0.717) is 5.16 Å². The van der Waals surface area contributed by atoms with Crippen molar-refractivity contribution in [3.8, 4) is 0 Å². The molecule has 0 spiro atoms. The van der Waals surface area contributed by atoms with E-state index in [1.165, 1.54) is 17.8 Å². The van der Waals surface area contributed by atoms with Crippen LogP contribution in [-0.4, -0.2) is 22.0 Å². The standard InChI is InChI=1S/C12H14N4OS/c1-8-5-11(17)16-12(15-8)18-7-9-3-4-10(13-2)14-6-9/h3-6H,7H2,1-2H3,(H,13,14)(H,15,16,17). The van der Waals surface area contributed by atoms with Crippen molar-refractivity contribution in [3.63, 3.8) is 0 Å². The molecule has 0 saturated carbocycles. The summed E-state index contributed by atoms with van der Waals surface area (Å²) in [6, 6.07) is 5.40. The molecule has 2 heterocycles. The summed E-state index contributed by atoms with van der Waals surface area (Å²) in [5.41, 5.74) is 1.70. The molecule has 94 valence electrons. The SMILES string of the molecule is CNc1ccc(CSc2nc(C)cc(=O)[nH]2)cn1. The highest BCUT2D eigenvalue weighted by molar-refractivity contribution is 7.98. The average molecular weight is 262 g/mol. The van der Waals surface area contributed by atoms with Gasteiger partial charge in [-0.05, 0) is 18.6 Å². The van der Waals surface area contributed by atoms with E-state index >= 15 is 0 Å². The number of aromatic amines is 1. The molecule has 6 heteroatoms. The van der Waals surface area contributed by atoms with E-state index in [2.05, 4.69) is 20.3 Å². The van der Waals surface area contributed by atoms with Gasteiger partial charge in [0.15, 0.2) is 5.16 Å². The minimum absolute atomic E-state index is 0.117. The van der Waals surface area contributed by atoms with Gasteiger partial charge in [0.2, 0.25) is 0 Å². The molecule has 2 rings (SSSR count). The van der Waals surface area contributed by atoms with Gasteiger partial charge in [-0.15, -0.1) is 0 Å². The maximum Gasteiger partial charge on any atom is 0.251 e. The number of hydrogen-bond donors (Lipinski definition) is 2. The van der Waals surface area contributed by atoms with E-state index in [-0.39, 0.29) is 5.56 Å². The predicted molar refractivity (Wildman–Crippen MR) is 72.9 cm³/mol. The normalized spacial score (nSPS) is 10.3. The Morgan fingerprint density at radius 1 is 1.44 bits per heavy atom. The van der Waals surface area contributed by atoms with Crippen LogP contribution < -0.4 is 10.9 Å². The Bertz CT molecular complexity index is 579. The van der Waals surface area contributed by atoms with Gasteiger partial charge >= 0.3 is 0 Å². The fourth-order valence-corrected chi connectivity index (χ4v) is 2.28. The number of aromatic nitrogens is 3. The van der Waals surface area contributed by atoms with Crippen LogP contribution in [0.3, 0.4) is 0 Å². The molecule has 2 aromatic rings. The molecule has 0 aliphatic heterocycles. The Morgan fingerprint density at radius 3 is 2.89 bits per heavy atom. The quantitative estimate of drug-likeness (QED) is 0.649. The monoisotopic (exact) mass is 262 g/mol. The minimum Gasteiger partial charge on any atom is -0.373 e. The van der Waals surface area contributed by atoms with Crippen molar-refractivity contribution < 1.29 is 0 Å². The summed E-state index contributed by atoms with van der Waals surface area (Å²) >= 11 is 1.49. The summed E-state index contributed by atoms with van der Waals surface area (Å²) in [5.74, 6) is 1.56. The van der Waals surface area contributed by atoms with Crippen molar-refractivity contribution in [2.75, 3.05) is 12.4 Å². The van der Waals surface area contributed by atoms with Gasteiger partial charge in [0.05, 0.1) is 0 Å². The number of pyridine rings is 1. The highest BCUT2D eigenvalue weighted by Gasteiger charge is 2.01. The van der Waals surface area contributed by atoms with Gasteiger partial charge in [0.1, 0.15) is 5.82 Å². The molecule has 18 heavy (non-hydrogen) atoms. The van der Waals surface area contributed by atoms with E-state index in [1.807, 2.05) is 32.3 Å². The predicted octanol–water partition coefficient (Wildman–Crippen LogP) is 1.81. The van der Waals surface area contributed by atoms with Crippen LogP contribution in [0.2, 0.25) is 0 Å². The Balaban J connectivity index is 2.04. The van der Waals surface area contributed by atoms with E-state index < -0.39 is 0 Å². The maximum atomic E-state index is 11.3. The Hall–Kier alpha value is -1.82. The number of aryl methyl sites for hydroxylation is 1. The third kappa shape index (κ3) is 3.33. The van der Waals surface area contributed by atoms with Crippen LogP contribution in [0, 0.1) is 6.92 Å². The second kappa shape index (κ2) is 5.68. The van der Waals surface area contributed by atoms with Gasteiger partial charge in [-0.2, -0.15) is 0 Å². The number of hydrogen-bond acceptors (Lipinski definition) is 5. The molecule has 0 bridgehead atoms. The van der Waals surface area contributed by atoms with Crippen molar-refractivity contribution in [3.05, 3.63) is 46.0 Å². The Morgan fingerprint density at radius 2 is 2.28 bits per heavy atom. The highest BCUT2D eigenvalue weighted by atomic mass is 32.2. The van der Waals surface area contributed by atoms with Crippen LogP contribution in [0.15, 0.2) is 34.3 Å². The van der Waals surface area contributed by atoms with Crippen LogP contribution in [0.25, 0.3) is 0 Å². The first-order valence-electron chi connectivity index (χ1n) is 5.51. The van der Waals surface area contributed by atoms with Crippen LogP contribution in [0.4, 0.5) is 5.82 Å². The molecule has 0 fully saturated rings. The largest absolute Gasteiger partial charge is 0.373 e. The molecule has 0 saturated heterocycles. The van der Waals surface area contributed by atoms with Gasteiger partial charge in [-0.25, -0.2) is 9.97 Å². The highest BCUT2D eigenvalue weighted by Crippen LogP contribution is 2.18. The van der Waals surface area contributed by atoms with Crippen molar-refractivity contribution in [2.24, 2.45) is 0 Å². The number of H-pyrrole nitrogens is 1. The first kappa shape index (κ1) is 12.6. The molecule has 0 unspecified atom stereocenters. The van der Waals surface area contributed by atoms with Crippen LogP contribution in [0.5, 0.6) is 0 Å². The summed E-state index contributed by atoms with van der Waals surface area (Å²) < 4.78 is 0. The second-order valence-corrected chi connectivity index (χ2v) is 4.75. The molecule has 5 nitrogen and oxygen atoms in total. The maximum absolute atomic E-state index is 11.3. The van der Waals surface area contributed by atoms with Gasteiger partial charge < -0.3 is 10.3 Å². The number of anilines is 1. The molecule has 0 aliphatic rings. The molecule has 0 amide bonds. The number of nitrogens with one attached hydrogen (secondary N) is 2. The van der Waals surface area contributed by atoms with Gasteiger partial charge in [0.25, 0.3) is 5.56 Å². The lowest BCUT2D eigenvalue weighted by Crippen LogP contribution is -2.08. The first-order chi connectivity index (χ1) is 8.67. The zero-order valence-electron chi connectivity index (χ0n) is 10.2. The van der Waals surface area contributed by atoms with Gasteiger partial charge in [-0.1, -0.05) is 17.8 Å². The van der Waals surface area contributed by atoms with E-state index in [1.54, 1.807) is 0 Å². The smallest absolute Gasteiger partial charge is 0.251 e. The summed E-state index contributed by atoms with van der Waals surface area (Å²) in [6.45, 7) is 1.81. The molecule has 2 aromatic heterocycles. The lowest BCUT2D eigenvalue weighted by atomic mass is 10.3. The van der Waals surface area contributed by atoms with Crippen molar-refractivity contribution in [2.45, 2.75) is 17.8 Å². The number of thioether (sulfide) groups is 1. The third-order valence-corrected chi connectivity index (χ3v) is 3.25. The van der Waals surface area contributed by atoms with E-state index in [9.17, 15) is 4.79 Å². The molecular weight excluding hydrogens is 248 g/mol. The van der Waals surface area contributed by atoms with Crippen molar-refractivity contribution in [1.29, 1.82) is 0 Å². The first-order valence-corrected chi connectivity index (χ1v) is 6.49. The molecule has 0 atom stereocenters. The minimum atomic E-state index is -0.117. The number of rotatable bonds is 4. The van der Waals surface area contributed by atoms with Gasteiger partial charge in [0, 0.05) is 30.8 Å². The average Bonchev–Trinajstić information content (AvgIpc) is 2.36. The summed E-state index contributed by atoms with van der Waals surface area (Å²) in [7, 11) is 1.83. The van der Waals surface area contributed by atoms with Crippen LogP contribution >= 0.6 is 11.8 Å². The topological polar surface area (TPSA) is 70.7 Å². The lowest BCUT2D eigenvalue weighted by Gasteiger charge is -2.03. The summed E-state index contributed by atoms with van der Waals surface area (Å²) in [5, 5.41) is 3.60. The molecule has 0 aromatic carbocycles. The van der Waals surface area contributed by atoms with Crippen molar-refractivity contribution in [1.82, 2.24) is 15.0 Å². The van der Waals surface area contributed by atoms with Crippen LogP contribution in [0.1, 0.15) is 11.3 Å².